The van der Waals surface area contributed by atoms with E-state index in [-0.39, 0.29) is 0 Å². The third-order valence-corrected chi connectivity index (χ3v) is 4.10. The van der Waals surface area contributed by atoms with E-state index in [9.17, 15) is 0 Å². The summed E-state index contributed by atoms with van der Waals surface area (Å²) in [5, 5.41) is 0. The van der Waals surface area contributed by atoms with Gasteiger partial charge in [0.1, 0.15) is 0 Å². The summed E-state index contributed by atoms with van der Waals surface area (Å²) in [6.45, 7) is 3.96. The van der Waals surface area contributed by atoms with Gasteiger partial charge in [-0.2, -0.15) is 0 Å². The summed E-state index contributed by atoms with van der Waals surface area (Å²) < 4.78 is 1.14. The number of hydrogen-bond acceptors (Lipinski definition) is 2. The van der Waals surface area contributed by atoms with Crippen LogP contribution in [0.1, 0.15) is 44.6 Å². The zero-order chi connectivity index (χ0) is 14.1. The third-order valence-electron chi connectivity index (χ3n) is 3.61. The highest BCUT2D eigenvalue weighted by atomic mass is 79.9. The molecule has 0 heterocycles. The Bertz CT molecular complexity index is 354. The molecule has 0 saturated carbocycles. The Balaban J connectivity index is 2.42. The number of hydrogen-bond donors (Lipinski definition) is 1. The Kier molecular flexibility index (Phi) is 8.35. The normalized spacial score (nSPS) is 12.9. The standard InChI is InChI=1S/C16H27BrN2/c1-3-4-5-6-10-16(12-18)19(2)13-14-8-7-9-15(17)11-14/h7-9,11,16H,3-6,10,12-13,18H2,1-2H3. The SMILES string of the molecule is CCCCCCC(CN)N(C)Cc1cccc(Br)c1. The molecule has 0 aliphatic heterocycles. The molecule has 2 N–H and O–H groups in total. The lowest BCUT2D eigenvalue weighted by Crippen LogP contribution is -2.37. The first-order valence-electron chi connectivity index (χ1n) is 7.32. The fourth-order valence-corrected chi connectivity index (χ4v) is 2.82. The van der Waals surface area contributed by atoms with E-state index in [1.165, 1.54) is 37.7 Å². The number of rotatable bonds is 9. The van der Waals surface area contributed by atoms with Crippen LogP contribution in [0.25, 0.3) is 0 Å². The van der Waals surface area contributed by atoms with Crippen molar-refractivity contribution < 1.29 is 0 Å². The number of unbranched alkanes of at least 4 members (excludes halogenated alkanes) is 3. The molecule has 0 radical (unpaired) electrons. The van der Waals surface area contributed by atoms with Gasteiger partial charge in [0.25, 0.3) is 0 Å². The lowest BCUT2D eigenvalue weighted by molar-refractivity contribution is 0.222. The van der Waals surface area contributed by atoms with E-state index >= 15 is 0 Å². The van der Waals surface area contributed by atoms with Gasteiger partial charge in [0.2, 0.25) is 0 Å². The highest BCUT2D eigenvalue weighted by molar-refractivity contribution is 9.10. The van der Waals surface area contributed by atoms with Crippen molar-refractivity contribution in [3.8, 4) is 0 Å². The van der Waals surface area contributed by atoms with Crippen molar-refractivity contribution in [3.63, 3.8) is 0 Å². The fraction of sp³-hybridized carbons (Fsp3) is 0.625. The maximum Gasteiger partial charge on any atom is 0.0234 e. The Morgan fingerprint density at radius 3 is 2.68 bits per heavy atom. The van der Waals surface area contributed by atoms with Crippen LogP contribution in [0.15, 0.2) is 28.7 Å². The second-order valence-corrected chi connectivity index (χ2v) is 6.20. The van der Waals surface area contributed by atoms with Crippen LogP contribution in [0.2, 0.25) is 0 Å². The van der Waals surface area contributed by atoms with Crippen LogP contribution in [0.4, 0.5) is 0 Å². The van der Waals surface area contributed by atoms with Crippen molar-refractivity contribution in [2.75, 3.05) is 13.6 Å². The Labute approximate surface area is 126 Å². The van der Waals surface area contributed by atoms with Gasteiger partial charge in [0.15, 0.2) is 0 Å². The van der Waals surface area contributed by atoms with Crippen molar-refractivity contribution in [2.45, 2.75) is 51.6 Å². The molecule has 1 atom stereocenters. The zero-order valence-electron chi connectivity index (χ0n) is 12.2. The van der Waals surface area contributed by atoms with Gasteiger partial charge in [-0.3, -0.25) is 4.90 Å². The van der Waals surface area contributed by atoms with Gasteiger partial charge >= 0.3 is 0 Å². The molecule has 3 heteroatoms. The largest absolute Gasteiger partial charge is 0.329 e. The van der Waals surface area contributed by atoms with E-state index < -0.39 is 0 Å². The van der Waals surface area contributed by atoms with Gasteiger partial charge in [-0.15, -0.1) is 0 Å². The number of halogens is 1. The molecule has 0 fully saturated rings. The summed E-state index contributed by atoms with van der Waals surface area (Å²) in [6, 6.07) is 9.00. The van der Waals surface area contributed by atoms with E-state index in [0.717, 1.165) is 17.6 Å². The molecule has 0 aliphatic carbocycles. The molecule has 0 spiro atoms. The van der Waals surface area contributed by atoms with Crippen LogP contribution in [-0.4, -0.2) is 24.5 Å². The van der Waals surface area contributed by atoms with E-state index in [2.05, 4.69) is 59.1 Å². The highest BCUT2D eigenvalue weighted by Gasteiger charge is 2.12. The molecule has 0 aromatic heterocycles. The van der Waals surface area contributed by atoms with Gasteiger partial charge in [-0.05, 0) is 31.2 Å². The quantitative estimate of drug-likeness (QED) is 0.690. The maximum absolute atomic E-state index is 5.92. The first kappa shape index (κ1) is 16.7. The van der Waals surface area contributed by atoms with Crippen molar-refractivity contribution >= 4 is 15.9 Å². The van der Waals surface area contributed by atoms with Gasteiger partial charge in [0.05, 0.1) is 0 Å². The molecule has 1 aromatic carbocycles. The fourth-order valence-electron chi connectivity index (χ4n) is 2.38. The maximum atomic E-state index is 5.92. The molecule has 0 saturated heterocycles. The van der Waals surface area contributed by atoms with E-state index in [1.807, 2.05) is 0 Å². The lowest BCUT2D eigenvalue weighted by atomic mass is 10.1. The Morgan fingerprint density at radius 1 is 1.26 bits per heavy atom. The summed E-state index contributed by atoms with van der Waals surface area (Å²) in [5.41, 5.74) is 7.26. The van der Waals surface area contributed by atoms with Crippen LogP contribution in [0, 0.1) is 0 Å². The highest BCUT2D eigenvalue weighted by Crippen LogP contribution is 2.15. The predicted molar refractivity (Wildman–Crippen MR) is 87.2 cm³/mol. The molecule has 2 nitrogen and oxygen atoms in total. The molecule has 1 unspecified atom stereocenters. The molecule has 0 aliphatic rings. The van der Waals surface area contributed by atoms with Gasteiger partial charge in [-0.25, -0.2) is 0 Å². The average Bonchev–Trinajstić information content (AvgIpc) is 2.38. The first-order chi connectivity index (χ1) is 9.17. The Hall–Kier alpha value is -0.380. The predicted octanol–water partition coefficient (Wildman–Crippen LogP) is 4.18. The smallest absolute Gasteiger partial charge is 0.0234 e. The first-order valence-corrected chi connectivity index (χ1v) is 8.11. The monoisotopic (exact) mass is 326 g/mol. The van der Waals surface area contributed by atoms with Gasteiger partial charge < -0.3 is 5.73 Å². The number of likely N-dealkylation sites (N-methyl/N-ethyl adjacent to an activating group) is 1. The summed E-state index contributed by atoms with van der Waals surface area (Å²) in [5.74, 6) is 0. The third kappa shape index (κ3) is 6.55. The van der Waals surface area contributed by atoms with E-state index in [1.54, 1.807) is 0 Å². The lowest BCUT2D eigenvalue weighted by Gasteiger charge is -2.27. The van der Waals surface area contributed by atoms with Crippen LogP contribution < -0.4 is 5.73 Å². The van der Waals surface area contributed by atoms with Crippen LogP contribution in [0.3, 0.4) is 0 Å². The van der Waals surface area contributed by atoms with Crippen LogP contribution in [-0.2, 0) is 6.54 Å². The second-order valence-electron chi connectivity index (χ2n) is 5.28. The number of nitrogens with zero attached hydrogens (tertiary/aromatic N) is 1. The summed E-state index contributed by atoms with van der Waals surface area (Å²) in [7, 11) is 2.18. The van der Waals surface area contributed by atoms with Crippen molar-refractivity contribution in [3.05, 3.63) is 34.3 Å². The molecule has 0 amide bonds. The molecular weight excluding hydrogens is 300 g/mol. The Morgan fingerprint density at radius 2 is 2.05 bits per heavy atom. The second kappa shape index (κ2) is 9.51. The number of benzene rings is 1. The van der Waals surface area contributed by atoms with Crippen molar-refractivity contribution in [1.82, 2.24) is 4.90 Å². The molecule has 19 heavy (non-hydrogen) atoms. The summed E-state index contributed by atoms with van der Waals surface area (Å²) >= 11 is 3.52. The molecule has 0 bridgehead atoms. The minimum absolute atomic E-state index is 0.496. The topological polar surface area (TPSA) is 29.3 Å². The summed E-state index contributed by atoms with van der Waals surface area (Å²) in [4.78, 5) is 2.38. The minimum atomic E-state index is 0.496. The van der Waals surface area contributed by atoms with Crippen molar-refractivity contribution in [2.24, 2.45) is 5.73 Å². The van der Waals surface area contributed by atoms with E-state index in [4.69, 9.17) is 5.73 Å². The molecule has 108 valence electrons. The van der Waals surface area contributed by atoms with Gasteiger partial charge in [0, 0.05) is 23.6 Å². The molecule has 1 rings (SSSR count). The average molecular weight is 327 g/mol. The van der Waals surface area contributed by atoms with Crippen molar-refractivity contribution in [1.29, 1.82) is 0 Å². The zero-order valence-corrected chi connectivity index (χ0v) is 13.8. The van der Waals surface area contributed by atoms with Crippen LogP contribution >= 0.6 is 15.9 Å². The minimum Gasteiger partial charge on any atom is -0.329 e. The number of nitrogens with two attached hydrogens (primary N) is 1. The molecular formula is C16H27BrN2. The van der Waals surface area contributed by atoms with Crippen LogP contribution in [0.5, 0.6) is 0 Å². The van der Waals surface area contributed by atoms with Gasteiger partial charge in [-0.1, -0.05) is 60.7 Å². The summed E-state index contributed by atoms with van der Waals surface area (Å²) in [6.07, 6.45) is 6.46. The molecule has 1 aromatic rings. The van der Waals surface area contributed by atoms with E-state index in [0.29, 0.717) is 6.04 Å².